The van der Waals surface area contributed by atoms with E-state index in [4.69, 9.17) is 9.47 Å². The zero-order valence-corrected chi connectivity index (χ0v) is 15.0. The molecule has 0 aromatic heterocycles. The van der Waals surface area contributed by atoms with E-state index in [2.05, 4.69) is 34.5 Å². The third-order valence-corrected chi connectivity index (χ3v) is 5.07. The summed E-state index contributed by atoms with van der Waals surface area (Å²) in [6, 6.07) is 14.0. The lowest BCUT2D eigenvalue weighted by Crippen LogP contribution is -2.36. The predicted molar refractivity (Wildman–Crippen MR) is 101 cm³/mol. The largest absolute Gasteiger partial charge is 0.493 e. The minimum Gasteiger partial charge on any atom is -0.493 e. The van der Waals surface area contributed by atoms with E-state index in [1.807, 2.05) is 25.1 Å². The summed E-state index contributed by atoms with van der Waals surface area (Å²) in [6.45, 7) is 6.12. The highest BCUT2D eigenvalue weighted by molar-refractivity contribution is 5.94. The molecule has 1 N–H and O–H groups in total. The van der Waals surface area contributed by atoms with Crippen molar-refractivity contribution in [2.24, 2.45) is 0 Å². The molecule has 1 atom stereocenters. The Morgan fingerprint density at radius 2 is 1.85 bits per heavy atom. The van der Waals surface area contributed by atoms with Crippen LogP contribution in [0.2, 0.25) is 0 Å². The molecule has 2 aromatic rings. The Balaban J connectivity index is 1.41. The van der Waals surface area contributed by atoms with Gasteiger partial charge in [-0.25, -0.2) is 0 Å². The van der Waals surface area contributed by atoms with Crippen molar-refractivity contribution in [2.45, 2.75) is 19.4 Å². The molecule has 0 saturated carbocycles. The second kappa shape index (κ2) is 7.38. The van der Waals surface area contributed by atoms with E-state index in [1.165, 1.54) is 5.69 Å². The van der Waals surface area contributed by atoms with Crippen molar-refractivity contribution in [3.8, 4) is 5.75 Å². The van der Waals surface area contributed by atoms with Crippen LogP contribution in [0.5, 0.6) is 5.75 Å². The van der Waals surface area contributed by atoms with Crippen molar-refractivity contribution in [3.63, 3.8) is 0 Å². The number of fused-ring (bicyclic) bond motifs is 1. The van der Waals surface area contributed by atoms with Crippen molar-refractivity contribution < 1.29 is 14.3 Å². The van der Waals surface area contributed by atoms with Gasteiger partial charge >= 0.3 is 0 Å². The number of carbonyl (C=O) groups excluding carboxylic acids is 1. The quantitative estimate of drug-likeness (QED) is 0.919. The van der Waals surface area contributed by atoms with Crippen molar-refractivity contribution in [1.82, 2.24) is 5.32 Å². The fourth-order valence-corrected chi connectivity index (χ4v) is 3.49. The lowest BCUT2D eigenvalue weighted by Gasteiger charge is -2.29. The number of nitrogens with one attached hydrogen (secondary N) is 1. The first-order valence-electron chi connectivity index (χ1n) is 9.20. The van der Waals surface area contributed by atoms with Gasteiger partial charge in [0.1, 0.15) is 5.75 Å². The molecule has 5 nitrogen and oxygen atoms in total. The summed E-state index contributed by atoms with van der Waals surface area (Å²) in [5, 5.41) is 3.09. The van der Waals surface area contributed by atoms with Gasteiger partial charge in [0, 0.05) is 30.8 Å². The van der Waals surface area contributed by atoms with E-state index in [-0.39, 0.29) is 11.9 Å². The smallest absolute Gasteiger partial charge is 0.251 e. The standard InChI is InChI=1S/C21H24N2O3/c1-15(16-2-5-19(6-3-16)23-9-12-25-13-10-23)22-21(24)18-4-7-20-17(14-18)8-11-26-20/h2-7,14-15H,8-13H2,1H3,(H,22,24). The van der Waals surface area contributed by atoms with Crippen LogP contribution in [-0.4, -0.2) is 38.8 Å². The van der Waals surface area contributed by atoms with Crippen LogP contribution in [-0.2, 0) is 11.2 Å². The minimum absolute atomic E-state index is 0.0502. The maximum Gasteiger partial charge on any atom is 0.251 e. The number of hydrogen-bond donors (Lipinski definition) is 1. The average molecular weight is 352 g/mol. The Labute approximate surface area is 153 Å². The highest BCUT2D eigenvalue weighted by atomic mass is 16.5. The van der Waals surface area contributed by atoms with E-state index < -0.39 is 0 Å². The van der Waals surface area contributed by atoms with Crippen LogP contribution in [0.1, 0.15) is 34.5 Å². The van der Waals surface area contributed by atoms with E-state index in [1.54, 1.807) is 0 Å². The maximum atomic E-state index is 12.6. The summed E-state index contributed by atoms with van der Waals surface area (Å²) in [7, 11) is 0. The Kier molecular flexibility index (Phi) is 4.80. The van der Waals surface area contributed by atoms with E-state index in [9.17, 15) is 4.79 Å². The first kappa shape index (κ1) is 16.9. The molecule has 2 aromatic carbocycles. The fraction of sp³-hybridized carbons (Fsp3) is 0.381. The second-order valence-corrected chi connectivity index (χ2v) is 6.81. The third kappa shape index (κ3) is 3.53. The zero-order chi connectivity index (χ0) is 17.9. The van der Waals surface area contributed by atoms with Gasteiger partial charge < -0.3 is 19.7 Å². The van der Waals surface area contributed by atoms with Gasteiger partial charge in [-0.05, 0) is 48.4 Å². The van der Waals surface area contributed by atoms with E-state index >= 15 is 0 Å². The summed E-state index contributed by atoms with van der Waals surface area (Å²) in [4.78, 5) is 14.9. The van der Waals surface area contributed by atoms with Gasteiger partial charge in [-0.1, -0.05) is 12.1 Å². The van der Waals surface area contributed by atoms with Gasteiger partial charge in [0.2, 0.25) is 0 Å². The predicted octanol–water partition coefficient (Wildman–Crippen LogP) is 2.95. The Bertz CT molecular complexity index is 782. The molecule has 1 amide bonds. The number of rotatable bonds is 4. The monoisotopic (exact) mass is 352 g/mol. The molecule has 0 aliphatic carbocycles. The highest BCUT2D eigenvalue weighted by Crippen LogP contribution is 2.26. The molecule has 0 radical (unpaired) electrons. The second-order valence-electron chi connectivity index (χ2n) is 6.81. The summed E-state index contributed by atoms with van der Waals surface area (Å²) in [5.74, 6) is 0.845. The van der Waals surface area contributed by atoms with E-state index in [0.717, 1.165) is 49.6 Å². The molecule has 1 unspecified atom stereocenters. The molecule has 2 aliphatic rings. The number of hydrogen-bond acceptors (Lipinski definition) is 4. The Hall–Kier alpha value is -2.53. The topological polar surface area (TPSA) is 50.8 Å². The Morgan fingerprint density at radius 3 is 2.62 bits per heavy atom. The molecule has 1 saturated heterocycles. The lowest BCUT2D eigenvalue weighted by atomic mass is 10.1. The number of carbonyl (C=O) groups is 1. The van der Waals surface area contributed by atoms with Gasteiger partial charge in [-0.2, -0.15) is 0 Å². The van der Waals surface area contributed by atoms with Gasteiger partial charge in [0.25, 0.3) is 5.91 Å². The maximum absolute atomic E-state index is 12.6. The van der Waals surface area contributed by atoms with Crippen molar-refractivity contribution in [2.75, 3.05) is 37.8 Å². The van der Waals surface area contributed by atoms with Crippen LogP contribution in [0.4, 0.5) is 5.69 Å². The summed E-state index contributed by atoms with van der Waals surface area (Å²) < 4.78 is 10.9. The summed E-state index contributed by atoms with van der Waals surface area (Å²) in [5.41, 5.74) is 4.10. The van der Waals surface area contributed by atoms with Crippen LogP contribution in [0.15, 0.2) is 42.5 Å². The van der Waals surface area contributed by atoms with Crippen molar-refractivity contribution in [1.29, 1.82) is 0 Å². The average Bonchev–Trinajstić information content (AvgIpc) is 3.16. The van der Waals surface area contributed by atoms with Crippen molar-refractivity contribution in [3.05, 3.63) is 59.2 Å². The molecule has 26 heavy (non-hydrogen) atoms. The molecule has 136 valence electrons. The highest BCUT2D eigenvalue weighted by Gasteiger charge is 2.17. The lowest BCUT2D eigenvalue weighted by molar-refractivity contribution is 0.0940. The normalized spacial score (nSPS) is 17.3. The molecular formula is C21H24N2O3. The van der Waals surface area contributed by atoms with Gasteiger partial charge in [-0.3, -0.25) is 4.79 Å². The van der Waals surface area contributed by atoms with Gasteiger partial charge in [0.15, 0.2) is 0 Å². The molecule has 5 heteroatoms. The third-order valence-electron chi connectivity index (χ3n) is 5.07. The summed E-state index contributed by atoms with van der Waals surface area (Å²) in [6.07, 6.45) is 0.870. The summed E-state index contributed by atoms with van der Waals surface area (Å²) >= 11 is 0. The number of morpholine rings is 1. The molecule has 2 heterocycles. The Morgan fingerprint density at radius 1 is 1.08 bits per heavy atom. The van der Waals surface area contributed by atoms with Crippen LogP contribution in [0.3, 0.4) is 0 Å². The van der Waals surface area contributed by atoms with Crippen molar-refractivity contribution >= 4 is 11.6 Å². The number of nitrogens with zero attached hydrogens (tertiary/aromatic N) is 1. The number of amides is 1. The van der Waals surface area contributed by atoms with Gasteiger partial charge in [-0.15, -0.1) is 0 Å². The van der Waals surface area contributed by atoms with Crippen LogP contribution in [0, 0.1) is 0 Å². The SMILES string of the molecule is CC(NC(=O)c1ccc2c(c1)CCO2)c1ccc(N2CCOCC2)cc1. The fourth-order valence-electron chi connectivity index (χ4n) is 3.49. The van der Waals surface area contributed by atoms with Crippen LogP contribution in [0.25, 0.3) is 0 Å². The van der Waals surface area contributed by atoms with E-state index in [0.29, 0.717) is 12.2 Å². The molecule has 0 spiro atoms. The zero-order valence-electron chi connectivity index (χ0n) is 15.0. The number of ether oxygens (including phenoxy) is 2. The van der Waals surface area contributed by atoms with Crippen LogP contribution >= 0.6 is 0 Å². The molecule has 4 rings (SSSR count). The first-order valence-corrected chi connectivity index (χ1v) is 9.20. The first-order chi connectivity index (χ1) is 12.7. The van der Waals surface area contributed by atoms with Crippen LogP contribution < -0.4 is 15.0 Å². The molecule has 0 bridgehead atoms. The number of anilines is 1. The minimum atomic E-state index is -0.0514. The molecule has 1 fully saturated rings. The van der Waals surface area contributed by atoms with Gasteiger partial charge in [0.05, 0.1) is 25.9 Å². The number of benzene rings is 2. The molecular weight excluding hydrogens is 328 g/mol. The molecule has 2 aliphatic heterocycles.